The Balaban J connectivity index is 1.33. The largest absolute Gasteiger partial charge is 0.376 e. The van der Waals surface area contributed by atoms with E-state index in [2.05, 4.69) is 48.8 Å². The summed E-state index contributed by atoms with van der Waals surface area (Å²) in [5.41, 5.74) is 4.18. The highest BCUT2D eigenvalue weighted by Crippen LogP contribution is 2.40. The van der Waals surface area contributed by atoms with E-state index >= 15 is 0 Å². The monoisotopic (exact) mass is 409 g/mol. The van der Waals surface area contributed by atoms with E-state index in [4.69, 9.17) is 4.74 Å². The summed E-state index contributed by atoms with van der Waals surface area (Å²) in [7, 11) is 4.35. The number of hydrogen-bond donors (Lipinski definition) is 1. The van der Waals surface area contributed by atoms with Crippen molar-refractivity contribution in [1.82, 2.24) is 14.8 Å². The van der Waals surface area contributed by atoms with E-state index in [1.165, 1.54) is 18.4 Å². The second-order valence-electron chi connectivity index (χ2n) is 10.2. The van der Waals surface area contributed by atoms with Crippen LogP contribution in [0.25, 0.3) is 10.9 Å². The lowest BCUT2D eigenvalue weighted by atomic mass is 9.77. The maximum Gasteiger partial charge on any atom is 0.256 e. The van der Waals surface area contributed by atoms with Crippen LogP contribution in [-0.2, 0) is 4.74 Å². The van der Waals surface area contributed by atoms with E-state index in [1.807, 2.05) is 12.1 Å². The highest BCUT2D eigenvalue weighted by molar-refractivity contribution is 6.06. The van der Waals surface area contributed by atoms with Crippen molar-refractivity contribution in [3.8, 4) is 0 Å². The molecular weight excluding hydrogens is 374 g/mol. The van der Waals surface area contributed by atoms with Crippen molar-refractivity contribution >= 4 is 16.8 Å². The van der Waals surface area contributed by atoms with Gasteiger partial charge in [-0.25, -0.2) is 0 Å². The van der Waals surface area contributed by atoms with Gasteiger partial charge in [0, 0.05) is 36.8 Å². The molecule has 5 heteroatoms. The number of para-hydroxylation sites is 1. The molecule has 3 aliphatic rings. The first-order valence-electron chi connectivity index (χ1n) is 11.6. The molecule has 1 N–H and O–H groups in total. The van der Waals surface area contributed by atoms with Crippen LogP contribution in [0.2, 0.25) is 0 Å². The average molecular weight is 410 g/mol. The first-order valence-corrected chi connectivity index (χ1v) is 11.6. The van der Waals surface area contributed by atoms with Crippen molar-refractivity contribution in [2.45, 2.75) is 51.7 Å². The molecule has 1 saturated heterocycles. The third-order valence-electron chi connectivity index (χ3n) is 7.85. The van der Waals surface area contributed by atoms with Crippen LogP contribution >= 0.6 is 0 Å². The molecular formula is C25H35N3O2. The first kappa shape index (κ1) is 20.1. The van der Waals surface area contributed by atoms with Gasteiger partial charge in [-0.1, -0.05) is 12.1 Å². The molecule has 2 saturated carbocycles. The Morgan fingerprint density at radius 1 is 1.17 bits per heavy atom. The number of amides is 1. The fourth-order valence-electron chi connectivity index (χ4n) is 5.65. The summed E-state index contributed by atoms with van der Waals surface area (Å²) in [5, 5.41) is 1.16. The molecule has 3 fully saturated rings. The minimum absolute atomic E-state index is 0.174. The van der Waals surface area contributed by atoms with E-state index in [0.29, 0.717) is 24.0 Å². The minimum Gasteiger partial charge on any atom is -0.376 e. The highest BCUT2D eigenvalue weighted by Gasteiger charge is 2.45. The van der Waals surface area contributed by atoms with E-state index in [0.717, 1.165) is 60.6 Å². The fourth-order valence-corrected chi connectivity index (χ4v) is 5.65. The Kier molecular flexibility index (Phi) is 5.14. The molecule has 0 radical (unpaired) electrons. The zero-order valence-electron chi connectivity index (χ0n) is 18.8. The second kappa shape index (κ2) is 7.69. The standard InChI is InChI=1S/C25H35N3O2/c1-15-16(2)26-24-20(15)6-5-7-21(24)25(29)28-12-18-10-22(27(3)4)23(11-19(18)13-28)30-14-17-8-9-17/h5-7,17-19,22-23,26H,8-14H2,1-4H3/t18-,19+,22-,23-/m1/s1. The van der Waals surface area contributed by atoms with Crippen LogP contribution < -0.4 is 0 Å². The Morgan fingerprint density at radius 3 is 2.60 bits per heavy atom. The number of aryl methyl sites for hydroxylation is 2. The summed E-state index contributed by atoms with van der Waals surface area (Å²) >= 11 is 0. The smallest absolute Gasteiger partial charge is 0.256 e. The van der Waals surface area contributed by atoms with Gasteiger partial charge in [-0.15, -0.1) is 0 Å². The number of nitrogens with zero attached hydrogens (tertiary/aromatic N) is 2. The van der Waals surface area contributed by atoms with Crippen molar-refractivity contribution in [3.05, 3.63) is 35.0 Å². The Hall–Kier alpha value is -1.85. The van der Waals surface area contributed by atoms with E-state index in [-0.39, 0.29) is 5.91 Å². The topological polar surface area (TPSA) is 48.6 Å². The minimum atomic E-state index is 0.174. The SMILES string of the molecule is Cc1[nH]c2c(C(=O)N3C[C@H]4C[C@@H](N(C)C)[C@H](OCC5CC5)C[C@H]4C3)cccc2c1C. The zero-order chi connectivity index (χ0) is 21.0. The van der Waals surface area contributed by atoms with Crippen molar-refractivity contribution < 1.29 is 9.53 Å². The number of nitrogens with one attached hydrogen (secondary N) is 1. The number of likely N-dealkylation sites (N-methyl/N-ethyl adjacent to an activating group) is 1. The first-order chi connectivity index (χ1) is 14.4. The van der Waals surface area contributed by atoms with Crippen molar-refractivity contribution in [1.29, 1.82) is 0 Å². The van der Waals surface area contributed by atoms with Gasteiger partial charge in [-0.3, -0.25) is 4.79 Å². The number of aromatic nitrogens is 1. The van der Waals surface area contributed by atoms with Crippen LogP contribution in [0.4, 0.5) is 0 Å². The lowest BCUT2D eigenvalue weighted by Gasteiger charge is -2.41. The summed E-state index contributed by atoms with van der Waals surface area (Å²) in [6.45, 7) is 6.86. The molecule has 2 heterocycles. The summed E-state index contributed by atoms with van der Waals surface area (Å²) in [6, 6.07) is 6.56. The molecule has 0 bridgehead atoms. The predicted octanol–water partition coefficient (Wildman–Crippen LogP) is 3.99. The van der Waals surface area contributed by atoms with E-state index in [9.17, 15) is 4.79 Å². The lowest BCUT2D eigenvalue weighted by molar-refractivity contribution is -0.0493. The van der Waals surface area contributed by atoms with Gasteiger partial charge >= 0.3 is 0 Å². The summed E-state index contributed by atoms with van der Waals surface area (Å²) in [6.07, 6.45) is 5.17. The maximum atomic E-state index is 13.5. The Labute approximate surface area is 179 Å². The van der Waals surface area contributed by atoms with Crippen LogP contribution in [0.1, 0.15) is 47.3 Å². The number of benzene rings is 1. The van der Waals surface area contributed by atoms with Crippen LogP contribution in [0.3, 0.4) is 0 Å². The molecule has 1 aromatic carbocycles. The van der Waals surface area contributed by atoms with Crippen LogP contribution in [0, 0.1) is 31.6 Å². The lowest BCUT2D eigenvalue weighted by Crippen LogP contribution is -2.48. The van der Waals surface area contributed by atoms with Gasteiger partial charge in [-0.2, -0.15) is 0 Å². The number of carbonyl (C=O) groups is 1. The third-order valence-corrected chi connectivity index (χ3v) is 7.85. The van der Waals surface area contributed by atoms with Gasteiger partial charge in [0.1, 0.15) is 0 Å². The molecule has 2 aromatic rings. The maximum absolute atomic E-state index is 13.5. The van der Waals surface area contributed by atoms with Gasteiger partial charge in [-0.05, 0) is 83.0 Å². The molecule has 30 heavy (non-hydrogen) atoms. The number of fused-ring (bicyclic) bond motifs is 2. The number of carbonyl (C=O) groups excluding carboxylic acids is 1. The van der Waals surface area contributed by atoms with Crippen LogP contribution in [0.5, 0.6) is 0 Å². The van der Waals surface area contributed by atoms with Gasteiger partial charge in [0.25, 0.3) is 5.91 Å². The van der Waals surface area contributed by atoms with Crippen LogP contribution in [-0.4, -0.2) is 66.6 Å². The summed E-state index contributed by atoms with van der Waals surface area (Å²) < 4.78 is 6.39. The Morgan fingerprint density at radius 2 is 1.90 bits per heavy atom. The molecule has 2 aliphatic carbocycles. The number of likely N-dealkylation sites (tertiary alicyclic amines) is 1. The number of aromatic amines is 1. The van der Waals surface area contributed by atoms with E-state index in [1.54, 1.807) is 0 Å². The molecule has 4 atom stereocenters. The van der Waals surface area contributed by atoms with E-state index < -0.39 is 0 Å². The number of hydrogen-bond acceptors (Lipinski definition) is 3. The molecule has 1 aliphatic heterocycles. The fraction of sp³-hybridized carbons (Fsp3) is 0.640. The molecule has 0 spiro atoms. The van der Waals surface area contributed by atoms with Crippen molar-refractivity contribution in [3.63, 3.8) is 0 Å². The number of H-pyrrole nitrogens is 1. The van der Waals surface area contributed by atoms with Crippen molar-refractivity contribution in [2.75, 3.05) is 33.8 Å². The number of rotatable bonds is 5. The second-order valence-corrected chi connectivity index (χ2v) is 10.2. The highest BCUT2D eigenvalue weighted by atomic mass is 16.5. The molecule has 0 unspecified atom stereocenters. The molecule has 1 amide bonds. The van der Waals surface area contributed by atoms with Gasteiger partial charge in [0.05, 0.1) is 17.2 Å². The molecule has 162 valence electrons. The Bertz CT molecular complexity index is 945. The number of ether oxygens (including phenoxy) is 1. The quantitative estimate of drug-likeness (QED) is 0.812. The zero-order valence-corrected chi connectivity index (χ0v) is 18.8. The average Bonchev–Trinajstić information content (AvgIpc) is 3.39. The van der Waals surface area contributed by atoms with Crippen LogP contribution in [0.15, 0.2) is 18.2 Å². The third kappa shape index (κ3) is 3.56. The van der Waals surface area contributed by atoms with Gasteiger partial charge < -0.3 is 19.5 Å². The van der Waals surface area contributed by atoms with Gasteiger partial charge in [0.2, 0.25) is 0 Å². The predicted molar refractivity (Wildman–Crippen MR) is 120 cm³/mol. The molecule has 5 nitrogen and oxygen atoms in total. The molecule has 5 rings (SSSR count). The summed E-state index contributed by atoms with van der Waals surface area (Å²) in [5.74, 6) is 2.10. The summed E-state index contributed by atoms with van der Waals surface area (Å²) in [4.78, 5) is 21.4. The normalized spacial score (nSPS) is 29.0. The van der Waals surface area contributed by atoms with Gasteiger partial charge in [0.15, 0.2) is 0 Å². The molecule has 1 aromatic heterocycles. The van der Waals surface area contributed by atoms with Crippen molar-refractivity contribution in [2.24, 2.45) is 17.8 Å².